The highest BCUT2D eigenvalue weighted by molar-refractivity contribution is 6.12. The van der Waals surface area contributed by atoms with Crippen molar-refractivity contribution in [3.8, 4) is 0 Å². The van der Waals surface area contributed by atoms with Crippen LogP contribution < -0.4 is 61.3 Å². The molecule has 0 radical (unpaired) electrons. The molecule has 2 aromatic carbocycles. The van der Waals surface area contributed by atoms with E-state index in [-0.39, 0.29) is 194 Å². The van der Waals surface area contributed by atoms with Gasteiger partial charge in [0.05, 0.1) is 85.8 Å². The third-order valence-corrected chi connectivity index (χ3v) is 24.9. The van der Waals surface area contributed by atoms with Crippen LogP contribution in [-0.4, -0.2) is 362 Å². The molecule has 12 heterocycles. The van der Waals surface area contributed by atoms with E-state index in [4.69, 9.17) is 4.74 Å². The minimum Gasteiger partial charge on any atom is -0.383 e. The molecule has 13 amide bonds. The van der Waals surface area contributed by atoms with Crippen LogP contribution in [0.15, 0.2) is 66.9 Å². The number of ether oxygens (including phenoxy) is 1. The van der Waals surface area contributed by atoms with Crippen LogP contribution >= 0.6 is 0 Å². The summed E-state index contributed by atoms with van der Waals surface area (Å²) in [6.07, 6.45) is 10.1. The number of para-hydroxylation sites is 4. The van der Waals surface area contributed by atoms with Gasteiger partial charge in [-0.15, -0.1) is 0 Å². The Morgan fingerprint density at radius 3 is 1.04 bits per heavy atom. The number of hydrogen-bond donors (Lipinski definition) is 7. The molecule has 738 valence electrons. The third kappa shape index (κ3) is 26.6. The van der Waals surface area contributed by atoms with Crippen LogP contribution in [-0.2, 0) is 101 Å². The van der Waals surface area contributed by atoms with Crippen LogP contribution in [0.25, 0.3) is 0 Å². The molecule has 43 nitrogen and oxygen atoms in total. The SMILES string of the molecule is CC(=O)[C@@H]1CCCN2C(=O)CCC(O)C(=O)N12.CNC1CCC(=O)N2CCCC(C(C)=O)N2C1=O.CNC1CN(C(=O)COC)c2ccccc2N(CC(C)=O)C1=O.CN[C@H]1CCC(=O)N2CCCC(C(C)=O)N2C1=O.CN[C@H]1CCCN2CCCC(C(C)=O)N2C1=O.CN[C@H]1CN(C(C)=O)c2ccccc2N(CC(C)=O)C1=O.CN[C@H]1CN(C(C)=O)c2ncccc2N(CC(C)=O)C1=O. The van der Waals surface area contributed by atoms with Gasteiger partial charge in [0.1, 0.15) is 72.4 Å². The minimum absolute atomic E-state index is 0.000227. The second-order valence-electron chi connectivity index (χ2n) is 34.5. The van der Waals surface area contributed by atoms with Crippen molar-refractivity contribution in [2.24, 2.45) is 0 Å². The lowest BCUT2D eigenvalue weighted by molar-refractivity contribution is -0.178. The molecule has 43 heteroatoms. The summed E-state index contributed by atoms with van der Waals surface area (Å²) >= 11 is 0. The second-order valence-corrected chi connectivity index (χ2v) is 34.5. The Morgan fingerprint density at radius 1 is 0.356 bits per heavy atom. The number of benzene rings is 2. The maximum atomic E-state index is 12.7. The molecule has 0 saturated carbocycles. The quantitative estimate of drug-likeness (QED) is 0.0861. The molecule has 14 rings (SSSR count). The van der Waals surface area contributed by atoms with Gasteiger partial charge in [0.25, 0.3) is 29.5 Å². The third-order valence-electron chi connectivity index (χ3n) is 24.9. The summed E-state index contributed by atoms with van der Waals surface area (Å²) in [6.45, 7) is 16.9. The molecule has 0 bridgehead atoms. The number of nitrogens with zero attached hydrogens (tertiary/aromatic N) is 15. The average Bonchev–Trinajstić information content (AvgIpc) is 1.50. The van der Waals surface area contributed by atoms with Crippen molar-refractivity contribution in [1.29, 1.82) is 0 Å². The summed E-state index contributed by atoms with van der Waals surface area (Å²) in [5.41, 5.74) is 2.87. The lowest BCUT2D eigenvalue weighted by atomic mass is 10.0. The van der Waals surface area contributed by atoms with Crippen molar-refractivity contribution in [3.63, 3.8) is 0 Å². The van der Waals surface area contributed by atoms with Gasteiger partial charge in [-0.1, -0.05) is 24.3 Å². The molecule has 3 aromatic rings. The van der Waals surface area contributed by atoms with E-state index in [2.05, 4.69) is 41.9 Å². The average molecular weight is 1890 g/mol. The Bertz CT molecular complexity index is 4710. The molecule has 1 aromatic heterocycles. The van der Waals surface area contributed by atoms with E-state index < -0.39 is 48.3 Å². The Morgan fingerprint density at radius 2 is 0.667 bits per heavy atom. The van der Waals surface area contributed by atoms with Gasteiger partial charge in [-0.3, -0.25) is 121 Å². The number of amides is 13. The summed E-state index contributed by atoms with van der Waals surface area (Å²) in [4.78, 5) is 253. The van der Waals surface area contributed by atoms with E-state index in [1.54, 1.807) is 113 Å². The molecular weight excluding hydrogens is 1750 g/mol. The number of carbonyl (C=O) groups excluding carboxylic acids is 20. The molecule has 11 aliphatic heterocycles. The summed E-state index contributed by atoms with van der Waals surface area (Å²) in [6, 6.07) is 13.2. The number of ketones is 7. The molecule has 7 N–H and O–H groups in total. The van der Waals surface area contributed by atoms with Gasteiger partial charge in [-0.2, -0.15) is 0 Å². The summed E-state index contributed by atoms with van der Waals surface area (Å²) < 4.78 is 4.94. The summed E-state index contributed by atoms with van der Waals surface area (Å²) in [7, 11) is 11.6. The molecule has 11 atom stereocenters. The highest BCUT2D eigenvalue weighted by atomic mass is 16.5. The highest BCUT2D eigenvalue weighted by Gasteiger charge is 2.48. The summed E-state index contributed by atoms with van der Waals surface area (Å²) in [5, 5.41) is 39.3. The minimum atomic E-state index is -1.18. The molecule has 8 saturated heterocycles. The van der Waals surface area contributed by atoms with Gasteiger partial charge in [-0.05, 0) is 211 Å². The normalized spacial score (nSPS) is 24.1. The number of nitrogens with one attached hydrogen (secondary N) is 6. The molecule has 0 aliphatic carbocycles. The van der Waals surface area contributed by atoms with Gasteiger partial charge in [0.2, 0.25) is 47.3 Å². The van der Waals surface area contributed by atoms with Crippen LogP contribution in [0.2, 0.25) is 0 Å². The van der Waals surface area contributed by atoms with Crippen molar-refractivity contribution in [2.75, 3.05) is 157 Å². The van der Waals surface area contributed by atoms with Crippen molar-refractivity contribution < 1.29 is 106 Å². The molecule has 6 unspecified atom stereocenters. The monoisotopic (exact) mass is 1880 g/mol. The highest BCUT2D eigenvalue weighted by Crippen LogP contribution is 2.37. The number of anilines is 6. The number of likely N-dealkylation sites (N-methyl/N-ethyl adjacent to an activating group) is 6. The zero-order valence-electron chi connectivity index (χ0n) is 80.2. The smallest absolute Gasteiger partial charge is 0.270 e. The number of hydrogen-bond acceptors (Lipinski definition) is 30. The number of pyridine rings is 1. The van der Waals surface area contributed by atoms with Crippen molar-refractivity contribution in [2.45, 2.75) is 232 Å². The Hall–Kier alpha value is -12.0. The number of carbonyl (C=O) groups is 20. The lowest BCUT2D eigenvalue weighted by Gasteiger charge is -2.42. The predicted octanol–water partition coefficient (Wildman–Crippen LogP) is -0.276. The molecule has 135 heavy (non-hydrogen) atoms. The molecular formula is C92H133N21O22. The Labute approximate surface area is 786 Å². The molecule has 0 spiro atoms. The Kier molecular flexibility index (Phi) is 40.6. The fourth-order valence-electron chi connectivity index (χ4n) is 18.0. The van der Waals surface area contributed by atoms with Crippen molar-refractivity contribution in [1.82, 2.24) is 77.0 Å². The van der Waals surface area contributed by atoms with Crippen molar-refractivity contribution >= 4 is 152 Å². The van der Waals surface area contributed by atoms with E-state index in [1.807, 2.05) is 13.1 Å². The number of aliphatic hydroxyl groups excluding tert-OH is 1. The fourth-order valence-corrected chi connectivity index (χ4v) is 18.0. The van der Waals surface area contributed by atoms with Gasteiger partial charge in [0, 0.05) is 79.1 Å². The van der Waals surface area contributed by atoms with Crippen LogP contribution in [0.5, 0.6) is 0 Å². The number of aromatic nitrogens is 1. The van der Waals surface area contributed by atoms with Gasteiger partial charge >= 0.3 is 0 Å². The second kappa shape index (κ2) is 50.6. The largest absolute Gasteiger partial charge is 0.383 e. The van der Waals surface area contributed by atoms with E-state index in [1.165, 1.54) is 117 Å². The molecule has 11 aliphatic rings. The number of Topliss-reactive ketones (excluding diaryl/α,β-unsaturated/α-hetero) is 7. The first-order valence-corrected chi connectivity index (χ1v) is 45.8. The Balaban J connectivity index is 0.000000194. The fraction of sp³-hybridized carbons (Fsp3) is 0.598. The van der Waals surface area contributed by atoms with E-state index in [0.29, 0.717) is 105 Å². The maximum absolute atomic E-state index is 12.7. The van der Waals surface area contributed by atoms with Gasteiger partial charge < -0.3 is 66.2 Å². The maximum Gasteiger partial charge on any atom is 0.270 e. The van der Waals surface area contributed by atoms with Crippen LogP contribution in [0, 0.1) is 0 Å². The van der Waals surface area contributed by atoms with Gasteiger partial charge in [-0.25, -0.2) is 25.0 Å². The zero-order valence-corrected chi connectivity index (χ0v) is 80.2. The van der Waals surface area contributed by atoms with E-state index in [0.717, 1.165) is 51.6 Å². The molecule has 8 fully saturated rings. The van der Waals surface area contributed by atoms with E-state index >= 15 is 0 Å². The van der Waals surface area contributed by atoms with Crippen LogP contribution in [0.1, 0.15) is 165 Å². The van der Waals surface area contributed by atoms with Gasteiger partial charge in [0.15, 0.2) is 29.0 Å². The number of fused-ring (bicyclic) bond motifs is 7. The topological polar surface area (TPSA) is 501 Å². The first-order valence-electron chi connectivity index (χ1n) is 45.8. The summed E-state index contributed by atoms with van der Waals surface area (Å²) in [5.74, 6) is -2.51. The standard InChI is InChI=1S/C16H21N3O4.C15H19N3O3.C14H18N4O3.2C12H19N3O3.C12H21N3O2.C11H16N2O4/c1-11(20)8-19-14-7-5-4-6-13(14)18(15(21)10-23-3)9-12(17-2)16(19)22;1-10(19)8-18-14-7-5-4-6-13(14)17(11(2)20)9-12(16-3)15(18)21;1-9(19)7-18-12-5-4-6-16-13(12)17(10(2)20)8-11(15-3)14(18)21;2*1-8(16)10-4-3-7-14-11(17)6-5-9(13-2)12(18)15(10)14;1-9(16)11-6-4-8-14-7-3-5-10(13-2)12(17)15(11)14;1-7(14)8-3-2-6-12-10(16)5-4-9(15)11(17)13(8)12/h4-7,12,17H,8-10H2,1-3H3;4-7,12,16H,8-9H2,1-3H3;4-6,11,15H,7-8H2,1-3H3;2*9-10,13H,3-7H2,1-2H3;10-11,13H,3-8H2,1-2H3;8-9,15H,2-6H2,1H3/t;12-;11-;9-,10?;;10-,11?;8-,9?/m.000.00/s1. The first-order chi connectivity index (χ1) is 64.2. The number of aliphatic hydroxyl groups is 1. The first kappa shape index (κ1) is 108. The predicted molar refractivity (Wildman–Crippen MR) is 495 cm³/mol. The van der Waals surface area contributed by atoms with Crippen molar-refractivity contribution in [3.05, 3.63) is 66.9 Å². The van der Waals surface area contributed by atoms with Crippen LogP contribution in [0.3, 0.4) is 0 Å². The van der Waals surface area contributed by atoms with Crippen LogP contribution in [0.4, 0.5) is 34.3 Å². The zero-order chi connectivity index (χ0) is 99.7. The number of methoxy groups -OCH3 is 1. The van der Waals surface area contributed by atoms with E-state index in [9.17, 15) is 101 Å². The number of rotatable bonds is 18. The number of hydrazine groups is 4. The lowest BCUT2D eigenvalue weighted by Crippen LogP contribution is -2.61.